The molecule has 2 aromatic rings. The van der Waals surface area contributed by atoms with Crippen molar-refractivity contribution in [3.63, 3.8) is 0 Å². The second kappa shape index (κ2) is 8.31. The van der Waals surface area contributed by atoms with Gasteiger partial charge in [-0.3, -0.25) is 4.79 Å². The average molecular weight is 400 g/mol. The van der Waals surface area contributed by atoms with Crippen molar-refractivity contribution in [2.45, 2.75) is 17.9 Å². The Kier molecular flexibility index (Phi) is 6.34. The van der Waals surface area contributed by atoms with Gasteiger partial charge in [-0.25, -0.2) is 17.2 Å². The van der Waals surface area contributed by atoms with Crippen LogP contribution in [-0.2, 0) is 14.8 Å². The van der Waals surface area contributed by atoms with E-state index in [1.165, 1.54) is 39.3 Å². The molecule has 0 saturated heterocycles. The van der Waals surface area contributed by atoms with Gasteiger partial charge in [0.25, 0.3) is 0 Å². The lowest BCUT2D eigenvalue weighted by Gasteiger charge is -2.16. The average Bonchev–Trinajstić information content (AvgIpc) is 2.63. The van der Waals surface area contributed by atoms with Gasteiger partial charge >= 0.3 is 0 Å². The molecule has 0 spiro atoms. The van der Waals surface area contributed by atoms with E-state index in [0.717, 1.165) is 18.2 Å². The Balaban J connectivity index is 2.18. The second-order valence-electron chi connectivity index (χ2n) is 5.45. The van der Waals surface area contributed by atoms with Crippen LogP contribution < -0.4 is 19.5 Å². The number of carbonyl (C=O) groups is 1. The predicted octanol–water partition coefficient (Wildman–Crippen LogP) is 2.29. The zero-order valence-electron chi connectivity index (χ0n) is 14.7. The van der Waals surface area contributed by atoms with Crippen LogP contribution in [0.15, 0.2) is 41.3 Å². The standard InChI is InChI=1S/C17H18F2N2O5S/c1-10(17(22)20-16-12(18)5-4-6-13(16)19)21-27(23,24)11-7-8-14(25-2)15(9-11)26-3/h4-10,21H,1-3H3,(H,20,22)/t10-/m1/s1. The number of ether oxygens (including phenoxy) is 2. The van der Waals surface area contributed by atoms with Crippen molar-refractivity contribution >= 4 is 21.6 Å². The van der Waals surface area contributed by atoms with E-state index in [2.05, 4.69) is 4.72 Å². The smallest absolute Gasteiger partial charge is 0.242 e. The van der Waals surface area contributed by atoms with Gasteiger partial charge in [0.05, 0.1) is 25.2 Å². The summed E-state index contributed by atoms with van der Waals surface area (Å²) in [5, 5.41) is 2.03. The number of halogens is 2. The molecule has 2 aromatic carbocycles. The molecule has 0 heterocycles. The number of anilines is 1. The number of hydrogen-bond acceptors (Lipinski definition) is 5. The molecular formula is C17H18F2N2O5S. The molecule has 0 fully saturated rings. The van der Waals surface area contributed by atoms with Crippen LogP contribution in [0.5, 0.6) is 11.5 Å². The molecule has 0 aliphatic rings. The minimum absolute atomic E-state index is 0.170. The van der Waals surface area contributed by atoms with Crippen LogP contribution in [0, 0.1) is 11.6 Å². The van der Waals surface area contributed by atoms with Gasteiger partial charge < -0.3 is 14.8 Å². The summed E-state index contributed by atoms with van der Waals surface area (Å²) in [6, 6.07) is 5.67. The summed E-state index contributed by atoms with van der Waals surface area (Å²) in [6.45, 7) is 1.24. The maximum Gasteiger partial charge on any atom is 0.242 e. The third-order valence-corrected chi connectivity index (χ3v) is 5.14. The van der Waals surface area contributed by atoms with Crippen LogP contribution in [0.3, 0.4) is 0 Å². The van der Waals surface area contributed by atoms with E-state index in [1.807, 2.05) is 5.32 Å². The van der Waals surface area contributed by atoms with E-state index < -0.39 is 39.3 Å². The fourth-order valence-electron chi connectivity index (χ4n) is 2.19. The molecule has 10 heteroatoms. The van der Waals surface area contributed by atoms with E-state index >= 15 is 0 Å². The Morgan fingerprint density at radius 3 is 2.19 bits per heavy atom. The second-order valence-corrected chi connectivity index (χ2v) is 7.16. The van der Waals surface area contributed by atoms with E-state index in [-0.39, 0.29) is 10.6 Å². The fraction of sp³-hybridized carbons (Fsp3) is 0.235. The molecule has 0 bridgehead atoms. The number of hydrogen-bond donors (Lipinski definition) is 2. The first-order chi connectivity index (χ1) is 12.7. The van der Waals surface area contributed by atoms with E-state index in [4.69, 9.17) is 9.47 Å². The van der Waals surface area contributed by atoms with Gasteiger partial charge in [-0.05, 0) is 31.2 Å². The minimum atomic E-state index is -4.11. The lowest BCUT2D eigenvalue weighted by molar-refractivity contribution is -0.117. The Labute approximate surface area is 155 Å². The summed E-state index contributed by atoms with van der Waals surface area (Å²) in [5.41, 5.74) is -0.653. The van der Waals surface area contributed by atoms with Gasteiger partial charge in [0.15, 0.2) is 11.5 Å². The predicted molar refractivity (Wildman–Crippen MR) is 94.3 cm³/mol. The van der Waals surface area contributed by atoms with E-state index in [9.17, 15) is 22.0 Å². The maximum absolute atomic E-state index is 13.6. The van der Waals surface area contributed by atoms with Crippen LogP contribution in [-0.4, -0.2) is 34.6 Å². The molecule has 0 unspecified atom stereocenters. The van der Waals surface area contributed by atoms with Crippen LogP contribution >= 0.6 is 0 Å². The number of methoxy groups -OCH3 is 2. The third-order valence-electron chi connectivity index (χ3n) is 3.60. The van der Waals surface area contributed by atoms with Crippen molar-refractivity contribution in [3.8, 4) is 11.5 Å². The van der Waals surface area contributed by atoms with Crippen molar-refractivity contribution in [2.24, 2.45) is 0 Å². The number of benzene rings is 2. The molecule has 27 heavy (non-hydrogen) atoms. The normalized spacial score (nSPS) is 12.3. The molecule has 0 aliphatic heterocycles. The van der Waals surface area contributed by atoms with Crippen LogP contribution in [0.25, 0.3) is 0 Å². The van der Waals surface area contributed by atoms with Crippen LogP contribution in [0.2, 0.25) is 0 Å². The number of sulfonamides is 1. The first-order valence-electron chi connectivity index (χ1n) is 7.69. The summed E-state index contributed by atoms with van der Waals surface area (Å²) in [7, 11) is -1.36. The summed E-state index contributed by atoms with van der Waals surface area (Å²) in [4.78, 5) is 12.0. The van der Waals surface area contributed by atoms with Crippen molar-refractivity contribution < 1.29 is 31.5 Å². The molecule has 1 atom stereocenters. The SMILES string of the molecule is COc1ccc(S(=O)(=O)N[C@H](C)C(=O)Nc2c(F)cccc2F)cc1OC. The number of carbonyl (C=O) groups excluding carboxylic acids is 1. The van der Waals surface area contributed by atoms with Gasteiger partial charge in [0, 0.05) is 6.07 Å². The van der Waals surface area contributed by atoms with Crippen LogP contribution in [0.1, 0.15) is 6.92 Å². The Bertz CT molecular complexity index is 930. The van der Waals surface area contributed by atoms with Gasteiger partial charge in [0.1, 0.15) is 17.3 Å². The summed E-state index contributed by atoms with van der Waals surface area (Å²) in [6.07, 6.45) is 0. The molecule has 2 rings (SSSR count). The molecule has 7 nitrogen and oxygen atoms in total. The zero-order chi connectivity index (χ0) is 20.2. The Hall–Kier alpha value is -2.72. The zero-order valence-corrected chi connectivity index (χ0v) is 15.6. The quantitative estimate of drug-likeness (QED) is 0.744. The van der Waals surface area contributed by atoms with Gasteiger partial charge in [-0.15, -0.1) is 0 Å². The summed E-state index contributed by atoms with van der Waals surface area (Å²) in [5.74, 6) is -2.36. The molecular weight excluding hydrogens is 382 g/mol. The highest BCUT2D eigenvalue weighted by Crippen LogP contribution is 2.29. The van der Waals surface area contributed by atoms with Crippen molar-refractivity contribution in [2.75, 3.05) is 19.5 Å². The molecule has 0 radical (unpaired) electrons. The number of rotatable bonds is 7. The van der Waals surface area contributed by atoms with Gasteiger partial charge in [0.2, 0.25) is 15.9 Å². The highest BCUT2D eigenvalue weighted by atomic mass is 32.2. The molecule has 0 aliphatic carbocycles. The van der Waals surface area contributed by atoms with E-state index in [0.29, 0.717) is 5.75 Å². The number of para-hydroxylation sites is 1. The van der Waals surface area contributed by atoms with Crippen molar-refractivity contribution in [1.82, 2.24) is 4.72 Å². The highest BCUT2D eigenvalue weighted by molar-refractivity contribution is 7.89. The van der Waals surface area contributed by atoms with Crippen molar-refractivity contribution in [1.29, 1.82) is 0 Å². The largest absolute Gasteiger partial charge is 0.493 e. The van der Waals surface area contributed by atoms with Crippen molar-refractivity contribution in [3.05, 3.63) is 48.0 Å². The number of amides is 1. The highest BCUT2D eigenvalue weighted by Gasteiger charge is 2.24. The molecule has 1 amide bonds. The van der Waals surface area contributed by atoms with E-state index in [1.54, 1.807) is 0 Å². The minimum Gasteiger partial charge on any atom is -0.493 e. The number of nitrogens with one attached hydrogen (secondary N) is 2. The Morgan fingerprint density at radius 1 is 1.04 bits per heavy atom. The molecule has 0 saturated carbocycles. The first kappa shape index (κ1) is 20.6. The first-order valence-corrected chi connectivity index (χ1v) is 9.17. The van der Waals surface area contributed by atoms with Crippen LogP contribution in [0.4, 0.5) is 14.5 Å². The molecule has 2 N–H and O–H groups in total. The molecule has 146 valence electrons. The lowest BCUT2D eigenvalue weighted by atomic mass is 10.2. The molecule has 0 aromatic heterocycles. The summed E-state index contributed by atoms with van der Waals surface area (Å²) >= 11 is 0. The topological polar surface area (TPSA) is 93.7 Å². The maximum atomic E-state index is 13.6. The fourth-order valence-corrected chi connectivity index (χ4v) is 3.40. The summed E-state index contributed by atoms with van der Waals surface area (Å²) < 4.78 is 64.4. The van der Waals surface area contributed by atoms with Gasteiger partial charge in [-0.1, -0.05) is 6.07 Å². The Morgan fingerprint density at radius 2 is 1.63 bits per heavy atom. The van der Waals surface area contributed by atoms with Gasteiger partial charge in [-0.2, -0.15) is 4.72 Å². The monoisotopic (exact) mass is 400 g/mol. The third kappa shape index (κ3) is 4.72. The lowest BCUT2D eigenvalue weighted by Crippen LogP contribution is -2.41.